The van der Waals surface area contributed by atoms with Crippen molar-refractivity contribution in [3.8, 4) is 0 Å². The molecule has 2 atom stereocenters. The van der Waals surface area contributed by atoms with Gasteiger partial charge in [0.05, 0.1) is 0 Å². The van der Waals surface area contributed by atoms with Gasteiger partial charge in [0, 0.05) is 62.0 Å². The molecule has 36 heavy (non-hydrogen) atoms. The number of hydrogen-bond acceptors (Lipinski definition) is 5. The quantitative estimate of drug-likeness (QED) is 0.445. The van der Waals surface area contributed by atoms with Crippen LogP contribution < -0.4 is 16.0 Å². The zero-order chi connectivity index (χ0) is 25.3. The van der Waals surface area contributed by atoms with Crippen molar-refractivity contribution in [3.63, 3.8) is 0 Å². The predicted molar refractivity (Wildman–Crippen MR) is 138 cm³/mol. The molecule has 1 aromatic carbocycles. The number of nitrogens with zero attached hydrogens (tertiary/aromatic N) is 2. The summed E-state index contributed by atoms with van der Waals surface area (Å²) in [6.07, 6.45) is 7.57. The van der Waals surface area contributed by atoms with Crippen LogP contribution in [-0.4, -0.2) is 64.3 Å². The maximum absolute atomic E-state index is 13.2. The number of aromatic nitrogens is 2. The van der Waals surface area contributed by atoms with Crippen LogP contribution in [-0.2, 0) is 27.3 Å². The van der Waals surface area contributed by atoms with Gasteiger partial charge in [-0.15, -0.1) is 0 Å². The lowest BCUT2D eigenvalue weighted by molar-refractivity contribution is -0.131. The molecule has 2 aromatic heterocycles. The molecule has 4 N–H and O–H groups in total. The fourth-order valence-electron chi connectivity index (χ4n) is 4.53. The summed E-state index contributed by atoms with van der Waals surface area (Å²) in [7, 11) is 0. The standard InChI is InChI=1S/C27H34N6O3/c1-19-26(35)32-24(15-21-17-30-23-9-3-2-8-22(21)23)27(36)29-12-6-14-33(13-5-10-25(34)31-19)18-20-7-4-11-28-16-20/h2-4,7-9,11,16-17,19,24,30H,5-6,10,12-15,18H2,1H3,(H,29,36)(H,31,34)(H,32,35)/t19-,24+/m0/s1. The summed E-state index contributed by atoms with van der Waals surface area (Å²) in [5, 5.41) is 9.64. The molecule has 1 aliphatic heterocycles. The third-order valence-electron chi connectivity index (χ3n) is 6.46. The second kappa shape index (κ2) is 12.3. The zero-order valence-corrected chi connectivity index (χ0v) is 20.6. The second-order valence-corrected chi connectivity index (χ2v) is 9.30. The van der Waals surface area contributed by atoms with Crippen molar-refractivity contribution in [2.75, 3.05) is 19.6 Å². The Morgan fingerprint density at radius 3 is 2.67 bits per heavy atom. The average Bonchev–Trinajstić information content (AvgIpc) is 3.28. The molecule has 1 saturated heterocycles. The Labute approximate surface area is 211 Å². The predicted octanol–water partition coefficient (Wildman–Crippen LogP) is 1.90. The molecule has 0 unspecified atom stereocenters. The number of pyridine rings is 1. The third kappa shape index (κ3) is 6.91. The van der Waals surface area contributed by atoms with Crippen LogP contribution in [0.2, 0.25) is 0 Å². The van der Waals surface area contributed by atoms with Gasteiger partial charge in [-0.2, -0.15) is 0 Å². The van der Waals surface area contributed by atoms with Gasteiger partial charge in [-0.25, -0.2) is 0 Å². The van der Waals surface area contributed by atoms with Crippen molar-refractivity contribution in [1.29, 1.82) is 0 Å². The first kappa shape index (κ1) is 25.4. The van der Waals surface area contributed by atoms with E-state index < -0.39 is 12.1 Å². The normalized spacial score (nSPS) is 21.2. The first-order valence-corrected chi connectivity index (χ1v) is 12.5. The van der Waals surface area contributed by atoms with Gasteiger partial charge in [-0.05, 0) is 49.6 Å². The topological polar surface area (TPSA) is 119 Å². The van der Waals surface area contributed by atoms with Gasteiger partial charge >= 0.3 is 0 Å². The van der Waals surface area contributed by atoms with Crippen molar-refractivity contribution in [1.82, 2.24) is 30.8 Å². The number of fused-ring (bicyclic) bond motifs is 1. The highest BCUT2D eigenvalue weighted by Crippen LogP contribution is 2.19. The van der Waals surface area contributed by atoms with Crippen molar-refractivity contribution >= 4 is 28.6 Å². The van der Waals surface area contributed by atoms with Crippen LogP contribution in [0.1, 0.15) is 37.3 Å². The molecule has 3 heterocycles. The molecule has 9 nitrogen and oxygen atoms in total. The summed E-state index contributed by atoms with van der Waals surface area (Å²) in [6, 6.07) is 10.3. The van der Waals surface area contributed by atoms with Crippen molar-refractivity contribution in [3.05, 3.63) is 66.1 Å². The number of H-pyrrole nitrogens is 1. The summed E-state index contributed by atoms with van der Waals surface area (Å²) in [4.78, 5) is 48.2. The lowest BCUT2D eigenvalue weighted by atomic mass is 10.0. The van der Waals surface area contributed by atoms with Crippen LogP contribution in [0.25, 0.3) is 10.9 Å². The summed E-state index contributed by atoms with van der Waals surface area (Å²) >= 11 is 0. The third-order valence-corrected chi connectivity index (χ3v) is 6.46. The van der Waals surface area contributed by atoms with E-state index in [2.05, 4.69) is 30.8 Å². The van der Waals surface area contributed by atoms with E-state index in [1.807, 2.05) is 48.8 Å². The van der Waals surface area contributed by atoms with Crippen LogP contribution in [0, 0.1) is 0 Å². The molecule has 0 bridgehead atoms. The second-order valence-electron chi connectivity index (χ2n) is 9.30. The van der Waals surface area contributed by atoms with Gasteiger partial charge in [0.15, 0.2) is 0 Å². The Balaban J connectivity index is 1.47. The highest BCUT2D eigenvalue weighted by Gasteiger charge is 2.25. The van der Waals surface area contributed by atoms with Crippen LogP contribution in [0.5, 0.6) is 0 Å². The highest BCUT2D eigenvalue weighted by molar-refractivity contribution is 5.92. The minimum Gasteiger partial charge on any atom is -0.361 e. The molecule has 0 saturated carbocycles. The molecular weight excluding hydrogens is 456 g/mol. The number of carbonyl (C=O) groups excluding carboxylic acids is 3. The number of aromatic amines is 1. The van der Waals surface area contributed by atoms with Gasteiger partial charge in [-0.3, -0.25) is 24.3 Å². The van der Waals surface area contributed by atoms with Crippen LogP contribution in [0.3, 0.4) is 0 Å². The van der Waals surface area contributed by atoms with E-state index in [0.29, 0.717) is 25.8 Å². The van der Waals surface area contributed by atoms with E-state index in [-0.39, 0.29) is 17.7 Å². The number of benzene rings is 1. The monoisotopic (exact) mass is 490 g/mol. The summed E-state index contributed by atoms with van der Waals surface area (Å²) in [5.41, 5.74) is 3.03. The fourth-order valence-corrected chi connectivity index (χ4v) is 4.53. The minimum absolute atomic E-state index is 0.175. The van der Waals surface area contributed by atoms with E-state index >= 15 is 0 Å². The Hall–Kier alpha value is -3.72. The molecule has 9 heteroatoms. The molecule has 3 aromatic rings. The highest BCUT2D eigenvalue weighted by atomic mass is 16.2. The smallest absolute Gasteiger partial charge is 0.242 e. The number of nitrogens with one attached hydrogen (secondary N) is 4. The molecule has 4 rings (SSSR count). The Morgan fingerprint density at radius 2 is 1.83 bits per heavy atom. The van der Waals surface area contributed by atoms with E-state index in [1.54, 1.807) is 13.1 Å². The number of para-hydroxylation sites is 1. The zero-order valence-electron chi connectivity index (χ0n) is 20.6. The number of carbonyl (C=O) groups is 3. The van der Waals surface area contributed by atoms with Gasteiger partial charge in [0.2, 0.25) is 17.7 Å². The van der Waals surface area contributed by atoms with Crippen molar-refractivity contribution in [2.24, 2.45) is 0 Å². The van der Waals surface area contributed by atoms with Crippen LogP contribution in [0.15, 0.2) is 55.0 Å². The van der Waals surface area contributed by atoms with Crippen molar-refractivity contribution < 1.29 is 14.4 Å². The average molecular weight is 491 g/mol. The van der Waals surface area contributed by atoms with Gasteiger partial charge in [-0.1, -0.05) is 24.3 Å². The first-order valence-electron chi connectivity index (χ1n) is 12.5. The van der Waals surface area contributed by atoms with E-state index in [0.717, 1.165) is 48.1 Å². The van der Waals surface area contributed by atoms with Gasteiger partial charge < -0.3 is 20.9 Å². The maximum Gasteiger partial charge on any atom is 0.242 e. The fraction of sp³-hybridized carbons (Fsp3) is 0.407. The van der Waals surface area contributed by atoms with E-state index in [9.17, 15) is 14.4 Å². The molecule has 3 amide bonds. The molecule has 190 valence electrons. The molecular formula is C27H34N6O3. The lowest BCUT2D eigenvalue weighted by Gasteiger charge is -2.22. The number of amides is 3. The Morgan fingerprint density at radius 1 is 1.00 bits per heavy atom. The Kier molecular flexibility index (Phi) is 8.67. The van der Waals surface area contributed by atoms with Crippen LogP contribution >= 0.6 is 0 Å². The molecule has 0 radical (unpaired) electrons. The number of rotatable bonds is 4. The lowest BCUT2D eigenvalue weighted by Crippen LogP contribution is -2.53. The Bertz CT molecular complexity index is 1180. The molecule has 1 aliphatic rings. The largest absolute Gasteiger partial charge is 0.361 e. The molecule has 0 aliphatic carbocycles. The maximum atomic E-state index is 13.2. The first-order chi connectivity index (χ1) is 17.5. The SMILES string of the molecule is C[C@@H]1NC(=O)CCCN(Cc2cccnc2)CCCNC(=O)[C@@H](Cc2c[nH]c3ccccc23)NC1=O. The summed E-state index contributed by atoms with van der Waals surface area (Å²) < 4.78 is 0. The summed E-state index contributed by atoms with van der Waals surface area (Å²) in [6.45, 7) is 4.37. The van der Waals surface area contributed by atoms with Gasteiger partial charge in [0.1, 0.15) is 12.1 Å². The molecule has 0 spiro atoms. The van der Waals surface area contributed by atoms with Crippen molar-refractivity contribution in [2.45, 2.75) is 51.2 Å². The summed E-state index contributed by atoms with van der Waals surface area (Å²) in [5.74, 6) is -0.788. The van der Waals surface area contributed by atoms with Crippen LogP contribution in [0.4, 0.5) is 0 Å². The minimum atomic E-state index is -0.757. The van der Waals surface area contributed by atoms with E-state index in [1.165, 1.54) is 0 Å². The van der Waals surface area contributed by atoms with E-state index in [4.69, 9.17) is 0 Å². The number of hydrogen-bond donors (Lipinski definition) is 4. The van der Waals surface area contributed by atoms with Gasteiger partial charge in [0.25, 0.3) is 0 Å². The molecule has 1 fully saturated rings.